The second kappa shape index (κ2) is 3.49. The molecule has 0 N–H and O–H groups in total. The van der Waals surface area contributed by atoms with Crippen molar-refractivity contribution in [3.8, 4) is 0 Å². The van der Waals surface area contributed by atoms with Crippen LogP contribution in [-0.2, 0) is 0 Å². The minimum Gasteiger partial charge on any atom is -0.286 e. The summed E-state index contributed by atoms with van der Waals surface area (Å²) in [5.74, 6) is 0. The molecule has 0 bridgehead atoms. The van der Waals surface area contributed by atoms with Crippen molar-refractivity contribution in [2.75, 3.05) is 7.05 Å². The summed E-state index contributed by atoms with van der Waals surface area (Å²) >= 11 is 5.68. The number of hydrogen-bond donors (Lipinski definition) is 0. The molecular weight excluding hydrogens is 160 g/mol. The van der Waals surface area contributed by atoms with E-state index in [1.54, 1.807) is 13.1 Å². The van der Waals surface area contributed by atoms with E-state index in [9.17, 15) is 0 Å². The number of aliphatic imine (C=N–C) groups is 2. The van der Waals surface area contributed by atoms with Crippen LogP contribution in [0.25, 0.3) is 0 Å². The first kappa shape index (κ1) is 8.21. The second-order valence-corrected chi connectivity index (χ2v) is 2.44. The van der Waals surface area contributed by atoms with Crippen LogP contribution in [0.5, 0.6) is 0 Å². The monoisotopic (exact) mass is 168 g/mol. The first-order valence-electron chi connectivity index (χ1n) is 3.33. The van der Waals surface area contributed by atoms with Gasteiger partial charge in [-0.15, -0.1) is 0 Å². The van der Waals surface area contributed by atoms with Crippen LogP contribution in [0.2, 0.25) is 0 Å². The smallest absolute Gasteiger partial charge is 0.129 e. The lowest BCUT2D eigenvalue weighted by Crippen LogP contribution is -2.03. The van der Waals surface area contributed by atoms with Gasteiger partial charge in [0.15, 0.2) is 0 Å². The molecule has 3 heteroatoms. The van der Waals surface area contributed by atoms with Crippen molar-refractivity contribution in [2.45, 2.75) is 6.92 Å². The van der Waals surface area contributed by atoms with Crippen LogP contribution in [0.4, 0.5) is 0 Å². The molecule has 0 spiro atoms. The number of nitrogens with zero attached hydrogens (tertiary/aromatic N) is 2. The Morgan fingerprint density at radius 1 is 1.55 bits per heavy atom. The third-order valence-electron chi connectivity index (χ3n) is 1.38. The molecule has 1 aliphatic heterocycles. The minimum absolute atomic E-state index is 0.505. The van der Waals surface area contributed by atoms with Crippen LogP contribution >= 0.6 is 11.6 Å². The summed E-state index contributed by atoms with van der Waals surface area (Å²) in [5, 5.41) is 0.505. The Kier molecular flexibility index (Phi) is 2.60. The van der Waals surface area contributed by atoms with Crippen LogP contribution in [0.3, 0.4) is 0 Å². The third kappa shape index (κ3) is 1.77. The lowest BCUT2D eigenvalue weighted by atomic mass is 10.2. The zero-order valence-corrected chi connectivity index (χ0v) is 7.26. The molecule has 0 aliphatic carbocycles. The van der Waals surface area contributed by atoms with E-state index in [2.05, 4.69) is 9.98 Å². The fraction of sp³-hybridized carbons (Fsp3) is 0.250. The van der Waals surface area contributed by atoms with Crippen molar-refractivity contribution in [2.24, 2.45) is 9.98 Å². The molecule has 0 saturated heterocycles. The van der Waals surface area contributed by atoms with Crippen LogP contribution in [0, 0.1) is 0 Å². The van der Waals surface area contributed by atoms with E-state index >= 15 is 0 Å². The van der Waals surface area contributed by atoms with Gasteiger partial charge in [-0.1, -0.05) is 17.7 Å². The lowest BCUT2D eigenvalue weighted by Gasteiger charge is -2.05. The summed E-state index contributed by atoms with van der Waals surface area (Å²) in [4.78, 5) is 8.11. The maximum atomic E-state index is 5.68. The van der Waals surface area contributed by atoms with Crippen LogP contribution in [-0.4, -0.2) is 17.9 Å². The van der Waals surface area contributed by atoms with Gasteiger partial charge in [0.05, 0.1) is 11.4 Å². The van der Waals surface area contributed by atoms with E-state index < -0.39 is 0 Å². The third-order valence-corrected chi connectivity index (χ3v) is 1.59. The molecule has 0 saturated carbocycles. The van der Waals surface area contributed by atoms with Crippen LogP contribution < -0.4 is 0 Å². The summed E-state index contributed by atoms with van der Waals surface area (Å²) in [5.41, 5.74) is 1.71. The predicted octanol–water partition coefficient (Wildman–Crippen LogP) is 2.17. The first-order chi connectivity index (χ1) is 5.27. The Hall–Kier alpha value is -0.890. The van der Waals surface area contributed by atoms with Gasteiger partial charge in [-0.3, -0.25) is 4.99 Å². The minimum atomic E-state index is 0.505. The molecule has 1 heterocycles. The quantitative estimate of drug-likeness (QED) is 0.530. The topological polar surface area (TPSA) is 24.7 Å². The van der Waals surface area contributed by atoms with Crippen molar-refractivity contribution in [1.29, 1.82) is 0 Å². The van der Waals surface area contributed by atoms with Gasteiger partial charge in [-0.25, -0.2) is 4.99 Å². The van der Waals surface area contributed by atoms with Gasteiger partial charge >= 0.3 is 0 Å². The molecule has 0 amide bonds. The van der Waals surface area contributed by atoms with E-state index in [-0.39, 0.29) is 0 Å². The fourth-order valence-electron chi connectivity index (χ4n) is 0.844. The standard InChI is InChI=1S/C8H9ClN2/c1-3-6-7(10-2)4-5-8(9)11-6/h3-5H,1-2H3/b6-3+,10-7-. The Morgan fingerprint density at radius 2 is 2.27 bits per heavy atom. The average molecular weight is 169 g/mol. The number of dihydropyridines is 1. The Labute approximate surface area is 71.0 Å². The summed E-state index contributed by atoms with van der Waals surface area (Å²) < 4.78 is 0. The highest BCUT2D eigenvalue weighted by atomic mass is 35.5. The van der Waals surface area contributed by atoms with Crippen molar-refractivity contribution >= 4 is 22.5 Å². The largest absolute Gasteiger partial charge is 0.286 e. The number of rotatable bonds is 0. The van der Waals surface area contributed by atoms with E-state index in [1.807, 2.05) is 19.1 Å². The Bertz CT molecular complexity index is 272. The molecule has 1 aliphatic rings. The molecule has 0 aromatic heterocycles. The molecule has 0 aromatic carbocycles. The van der Waals surface area contributed by atoms with Crippen molar-refractivity contribution in [3.63, 3.8) is 0 Å². The van der Waals surface area contributed by atoms with E-state index in [4.69, 9.17) is 11.6 Å². The van der Waals surface area contributed by atoms with Crippen LogP contribution in [0.15, 0.2) is 33.9 Å². The molecule has 58 valence electrons. The SMILES string of the molecule is C/C=C1/N=C(Cl)C=C/C1=N/C. The van der Waals surface area contributed by atoms with E-state index in [1.165, 1.54) is 0 Å². The van der Waals surface area contributed by atoms with Crippen molar-refractivity contribution in [3.05, 3.63) is 23.9 Å². The van der Waals surface area contributed by atoms with Gasteiger partial charge in [-0.2, -0.15) is 0 Å². The van der Waals surface area contributed by atoms with Gasteiger partial charge in [0.1, 0.15) is 5.17 Å². The van der Waals surface area contributed by atoms with Gasteiger partial charge < -0.3 is 0 Å². The summed E-state index contributed by atoms with van der Waals surface area (Å²) in [6, 6.07) is 0. The zero-order chi connectivity index (χ0) is 8.27. The molecule has 11 heavy (non-hydrogen) atoms. The normalized spacial score (nSPS) is 24.5. The number of halogens is 1. The summed E-state index contributed by atoms with van der Waals surface area (Å²) in [6.45, 7) is 1.91. The maximum absolute atomic E-state index is 5.68. The lowest BCUT2D eigenvalue weighted by molar-refractivity contribution is 1.36. The van der Waals surface area contributed by atoms with Gasteiger partial charge in [0.25, 0.3) is 0 Å². The Balaban J connectivity index is 3.03. The Morgan fingerprint density at radius 3 is 2.82 bits per heavy atom. The molecule has 1 rings (SSSR count). The van der Waals surface area contributed by atoms with Gasteiger partial charge in [0, 0.05) is 7.05 Å². The maximum Gasteiger partial charge on any atom is 0.129 e. The highest BCUT2D eigenvalue weighted by Crippen LogP contribution is 2.10. The molecule has 2 nitrogen and oxygen atoms in total. The summed E-state index contributed by atoms with van der Waals surface area (Å²) in [7, 11) is 1.73. The van der Waals surface area contributed by atoms with E-state index in [0.717, 1.165) is 11.4 Å². The fourth-order valence-corrected chi connectivity index (χ4v) is 0.998. The second-order valence-electron chi connectivity index (χ2n) is 2.05. The molecule has 0 fully saturated rings. The van der Waals surface area contributed by atoms with Crippen LogP contribution in [0.1, 0.15) is 6.92 Å². The summed E-state index contributed by atoms with van der Waals surface area (Å²) in [6.07, 6.45) is 5.47. The molecule has 0 aromatic rings. The molecule has 0 atom stereocenters. The van der Waals surface area contributed by atoms with Gasteiger partial charge in [-0.05, 0) is 19.1 Å². The highest BCUT2D eigenvalue weighted by Gasteiger charge is 2.05. The zero-order valence-electron chi connectivity index (χ0n) is 6.50. The van der Waals surface area contributed by atoms with Crippen molar-refractivity contribution < 1.29 is 0 Å². The van der Waals surface area contributed by atoms with Gasteiger partial charge in [0.2, 0.25) is 0 Å². The van der Waals surface area contributed by atoms with E-state index in [0.29, 0.717) is 5.17 Å². The predicted molar refractivity (Wildman–Crippen MR) is 49.5 cm³/mol. The first-order valence-corrected chi connectivity index (χ1v) is 3.71. The molecule has 0 unspecified atom stereocenters. The van der Waals surface area contributed by atoms with Crippen molar-refractivity contribution in [1.82, 2.24) is 0 Å². The average Bonchev–Trinajstić information content (AvgIpc) is 2.04. The highest BCUT2D eigenvalue weighted by molar-refractivity contribution is 6.69. The number of hydrogen-bond acceptors (Lipinski definition) is 2. The molecular formula is C8H9ClN2. The molecule has 0 radical (unpaired) electrons. The number of allylic oxidation sites excluding steroid dienone is 3.